The third-order valence-corrected chi connectivity index (χ3v) is 7.71. The van der Waals surface area contributed by atoms with E-state index in [4.69, 9.17) is 21.1 Å². The molecule has 4 rings (SSSR count). The molecule has 0 bridgehead atoms. The highest BCUT2D eigenvalue weighted by Gasteiger charge is 2.29. The number of para-hydroxylation sites is 1. The number of hydrogen-bond acceptors (Lipinski definition) is 6. The van der Waals surface area contributed by atoms with E-state index >= 15 is 0 Å². The van der Waals surface area contributed by atoms with Gasteiger partial charge >= 0.3 is 6.09 Å². The maximum atomic E-state index is 12.6. The zero-order valence-corrected chi connectivity index (χ0v) is 21.8. The van der Waals surface area contributed by atoms with Crippen LogP contribution >= 0.6 is 23.4 Å². The van der Waals surface area contributed by atoms with E-state index in [9.17, 15) is 4.79 Å². The van der Waals surface area contributed by atoms with Crippen molar-refractivity contribution in [1.82, 2.24) is 9.80 Å². The molecule has 2 aliphatic heterocycles. The van der Waals surface area contributed by atoms with Gasteiger partial charge < -0.3 is 19.3 Å². The summed E-state index contributed by atoms with van der Waals surface area (Å²) in [6.45, 7) is 9.47. The smallest absolute Gasteiger partial charge is 0.410 e. The number of carbonyl (C=O) groups is 1. The van der Waals surface area contributed by atoms with Gasteiger partial charge in [-0.25, -0.2) is 4.79 Å². The summed E-state index contributed by atoms with van der Waals surface area (Å²) in [6.07, 6.45) is 1.48. The third kappa shape index (κ3) is 6.19. The standard InChI is InChI=1S/C26H34ClN3O3S/c1-26(2,11-18-32-3)33-25(31)29-16-14-28(15-17-29)12-6-13-30-21-7-4-5-8-23(21)34-24-10-9-20(27)19-22(24)30/h4-5,7-10,19H,6,11-18H2,1-3H3. The van der Waals surface area contributed by atoms with Gasteiger partial charge in [-0.15, -0.1) is 0 Å². The molecular weight excluding hydrogens is 470 g/mol. The lowest BCUT2D eigenvalue weighted by Gasteiger charge is -2.37. The number of carbonyl (C=O) groups excluding carboxylic acids is 1. The van der Waals surface area contributed by atoms with Crippen LogP contribution in [0.2, 0.25) is 5.02 Å². The molecule has 184 valence electrons. The predicted molar refractivity (Wildman–Crippen MR) is 139 cm³/mol. The highest BCUT2D eigenvalue weighted by atomic mass is 35.5. The Labute approximate surface area is 212 Å². The Balaban J connectivity index is 1.29. The molecule has 1 saturated heterocycles. The van der Waals surface area contributed by atoms with Gasteiger partial charge in [0.1, 0.15) is 5.60 Å². The zero-order chi connectivity index (χ0) is 24.1. The van der Waals surface area contributed by atoms with Gasteiger partial charge in [-0.1, -0.05) is 35.5 Å². The summed E-state index contributed by atoms with van der Waals surface area (Å²) in [6, 6.07) is 14.7. The molecule has 34 heavy (non-hydrogen) atoms. The lowest BCUT2D eigenvalue weighted by atomic mass is 10.1. The molecule has 0 N–H and O–H groups in total. The van der Waals surface area contributed by atoms with Gasteiger partial charge in [0.05, 0.1) is 11.4 Å². The molecule has 1 amide bonds. The Morgan fingerprint density at radius 3 is 2.53 bits per heavy atom. The van der Waals surface area contributed by atoms with Crippen LogP contribution in [0.1, 0.15) is 26.7 Å². The summed E-state index contributed by atoms with van der Waals surface area (Å²) in [5.41, 5.74) is 1.90. The second-order valence-electron chi connectivity index (χ2n) is 9.39. The van der Waals surface area contributed by atoms with E-state index in [0.29, 0.717) is 26.1 Å². The summed E-state index contributed by atoms with van der Waals surface area (Å²) in [4.78, 5) is 21.8. The van der Waals surface area contributed by atoms with Crippen molar-refractivity contribution in [3.05, 3.63) is 47.5 Å². The second kappa shape index (κ2) is 11.2. The summed E-state index contributed by atoms with van der Waals surface area (Å²) in [5, 5.41) is 0.761. The minimum Gasteiger partial charge on any atom is -0.443 e. The number of nitrogens with zero attached hydrogens (tertiary/aromatic N) is 3. The van der Waals surface area contributed by atoms with Gasteiger partial charge in [-0.2, -0.15) is 0 Å². The number of hydrogen-bond donors (Lipinski definition) is 0. The van der Waals surface area contributed by atoms with Gasteiger partial charge in [-0.3, -0.25) is 4.90 Å². The van der Waals surface area contributed by atoms with Crippen molar-refractivity contribution in [2.75, 3.05) is 57.9 Å². The maximum absolute atomic E-state index is 12.6. The van der Waals surface area contributed by atoms with Crippen molar-refractivity contribution in [3.63, 3.8) is 0 Å². The molecule has 0 atom stereocenters. The molecule has 0 aliphatic carbocycles. The molecule has 0 radical (unpaired) electrons. The van der Waals surface area contributed by atoms with Gasteiger partial charge in [0, 0.05) is 67.7 Å². The average molecular weight is 504 g/mol. The molecule has 0 saturated carbocycles. The molecule has 2 aromatic carbocycles. The highest BCUT2D eigenvalue weighted by molar-refractivity contribution is 7.99. The van der Waals surface area contributed by atoms with Crippen molar-refractivity contribution in [2.45, 2.75) is 42.1 Å². The molecule has 0 aromatic heterocycles. The summed E-state index contributed by atoms with van der Waals surface area (Å²) < 4.78 is 10.8. The fourth-order valence-electron chi connectivity index (χ4n) is 4.35. The van der Waals surface area contributed by atoms with Crippen LogP contribution in [0, 0.1) is 0 Å². The molecular formula is C26H34ClN3O3S. The van der Waals surface area contributed by atoms with Crippen molar-refractivity contribution < 1.29 is 14.3 Å². The zero-order valence-electron chi connectivity index (χ0n) is 20.3. The van der Waals surface area contributed by atoms with Gasteiger partial charge in [0.2, 0.25) is 0 Å². The average Bonchev–Trinajstić information content (AvgIpc) is 2.82. The number of fused-ring (bicyclic) bond motifs is 2. The van der Waals surface area contributed by atoms with Gasteiger partial charge in [-0.05, 0) is 57.1 Å². The van der Waals surface area contributed by atoms with Crippen LogP contribution < -0.4 is 4.90 Å². The highest BCUT2D eigenvalue weighted by Crippen LogP contribution is 2.48. The Morgan fingerprint density at radius 2 is 1.76 bits per heavy atom. The number of amides is 1. The Kier molecular flexibility index (Phi) is 8.30. The van der Waals surface area contributed by atoms with E-state index in [2.05, 4.69) is 46.2 Å². The lowest BCUT2D eigenvalue weighted by molar-refractivity contribution is -0.0114. The number of rotatable bonds is 8. The molecule has 0 spiro atoms. The van der Waals surface area contributed by atoms with Crippen LogP contribution in [0.25, 0.3) is 0 Å². The third-order valence-electron chi connectivity index (χ3n) is 6.35. The normalized spacial score (nSPS) is 16.2. The van der Waals surface area contributed by atoms with Crippen LogP contribution in [0.5, 0.6) is 0 Å². The first-order chi connectivity index (χ1) is 16.4. The topological polar surface area (TPSA) is 45.3 Å². The Hall–Kier alpha value is -1.93. The first kappa shape index (κ1) is 25.2. The molecule has 0 unspecified atom stereocenters. The van der Waals surface area contributed by atoms with Crippen LogP contribution in [0.3, 0.4) is 0 Å². The van der Waals surface area contributed by atoms with Crippen molar-refractivity contribution in [2.24, 2.45) is 0 Å². The minimum absolute atomic E-state index is 0.225. The number of halogens is 1. The first-order valence-electron chi connectivity index (χ1n) is 11.9. The Bertz CT molecular complexity index is 995. The molecule has 2 aromatic rings. The summed E-state index contributed by atoms with van der Waals surface area (Å²) in [5.74, 6) is 0. The number of methoxy groups -OCH3 is 1. The largest absolute Gasteiger partial charge is 0.443 e. The molecule has 6 nitrogen and oxygen atoms in total. The van der Waals surface area contributed by atoms with E-state index in [1.54, 1.807) is 18.9 Å². The van der Waals surface area contributed by atoms with E-state index in [1.807, 2.05) is 24.8 Å². The molecule has 8 heteroatoms. The lowest BCUT2D eigenvalue weighted by Crippen LogP contribution is -2.50. The van der Waals surface area contributed by atoms with Crippen molar-refractivity contribution in [1.29, 1.82) is 0 Å². The number of ether oxygens (including phenoxy) is 2. The minimum atomic E-state index is -0.521. The van der Waals surface area contributed by atoms with Crippen molar-refractivity contribution >= 4 is 40.8 Å². The fraction of sp³-hybridized carbons (Fsp3) is 0.500. The van der Waals surface area contributed by atoms with Crippen LogP contribution in [0.15, 0.2) is 52.3 Å². The van der Waals surface area contributed by atoms with E-state index < -0.39 is 5.60 Å². The number of anilines is 2. The monoisotopic (exact) mass is 503 g/mol. The fourth-order valence-corrected chi connectivity index (χ4v) is 5.59. The second-order valence-corrected chi connectivity index (χ2v) is 10.9. The van der Waals surface area contributed by atoms with Gasteiger partial charge in [0.25, 0.3) is 0 Å². The van der Waals surface area contributed by atoms with E-state index in [0.717, 1.165) is 37.6 Å². The van der Waals surface area contributed by atoms with Gasteiger partial charge in [0.15, 0.2) is 0 Å². The predicted octanol–water partition coefficient (Wildman–Crippen LogP) is 5.90. The Morgan fingerprint density at radius 1 is 1.03 bits per heavy atom. The number of benzene rings is 2. The van der Waals surface area contributed by atoms with E-state index in [-0.39, 0.29) is 6.09 Å². The van der Waals surface area contributed by atoms with Crippen LogP contribution in [-0.4, -0.2) is 74.5 Å². The SMILES string of the molecule is COCCC(C)(C)OC(=O)N1CCN(CCCN2c3ccccc3Sc3ccc(Cl)cc32)CC1. The summed E-state index contributed by atoms with van der Waals surface area (Å²) in [7, 11) is 1.66. The van der Waals surface area contributed by atoms with Crippen LogP contribution in [0.4, 0.5) is 16.2 Å². The first-order valence-corrected chi connectivity index (χ1v) is 13.1. The molecule has 1 fully saturated rings. The van der Waals surface area contributed by atoms with Crippen molar-refractivity contribution in [3.8, 4) is 0 Å². The number of piperazine rings is 1. The maximum Gasteiger partial charge on any atom is 0.410 e. The summed E-state index contributed by atoms with van der Waals surface area (Å²) >= 11 is 8.14. The quantitative estimate of drug-likeness (QED) is 0.446. The molecule has 2 aliphatic rings. The molecule has 2 heterocycles. The van der Waals surface area contributed by atoms with E-state index in [1.165, 1.54) is 21.2 Å². The van der Waals surface area contributed by atoms with Crippen LogP contribution in [-0.2, 0) is 9.47 Å².